The van der Waals surface area contributed by atoms with Gasteiger partial charge in [-0.3, -0.25) is 4.79 Å². The number of carbonyl (C=O) groups excluding carboxylic acids is 1. The zero-order valence-electron chi connectivity index (χ0n) is 13.2. The van der Waals surface area contributed by atoms with Gasteiger partial charge in [0.05, 0.1) is 11.2 Å². The number of carbonyl (C=O) groups is 1. The van der Waals surface area contributed by atoms with E-state index < -0.39 is 11.6 Å². The summed E-state index contributed by atoms with van der Waals surface area (Å²) >= 11 is 0. The van der Waals surface area contributed by atoms with Crippen LogP contribution in [0.25, 0.3) is 22.2 Å². The molecule has 1 aliphatic carbocycles. The number of halogens is 3. The minimum absolute atomic E-state index is 0.0620. The van der Waals surface area contributed by atoms with Crippen LogP contribution in [0.4, 0.5) is 13.2 Å². The third-order valence-electron chi connectivity index (χ3n) is 4.85. The van der Waals surface area contributed by atoms with Crippen molar-refractivity contribution in [3.05, 3.63) is 59.4 Å². The number of nitrogens with one attached hydrogen (secondary N) is 2. The number of aromatic nitrogens is 1. The quantitative estimate of drug-likeness (QED) is 0.683. The number of fused-ring (bicyclic) bond motifs is 1. The molecule has 1 aliphatic rings. The first kappa shape index (κ1) is 15.7. The third-order valence-corrected chi connectivity index (χ3v) is 4.85. The largest absolute Gasteiger partial charge is 0.356 e. The molecule has 0 saturated heterocycles. The molecule has 3 nitrogen and oxygen atoms in total. The van der Waals surface area contributed by atoms with E-state index in [4.69, 9.17) is 0 Å². The third kappa shape index (κ3) is 2.67. The monoisotopic (exact) mass is 344 g/mol. The highest BCUT2D eigenvalue weighted by atomic mass is 19.1. The zero-order valence-corrected chi connectivity index (χ0v) is 13.2. The van der Waals surface area contributed by atoms with Gasteiger partial charge < -0.3 is 10.3 Å². The van der Waals surface area contributed by atoms with Crippen molar-refractivity contribution in [2.45, 2.75) is 24.8 Å². The first-order valence-corrected chi connectivity index (χ1v) is 8.03. The van der Waals surface area contributed by atoms with Crippen LogP contribution in [0.1, 0.15) is 24.3 Å². The normalized spacial score (nSPS) is 19.6. The Kier molecular flexibility index (Phi) is 3.75. The van der Waals surface area contributed by atoms with Crippen molar-refractivity contribution in [3.8, 4) is 11.3 Å². The van der Waals surface area contributed by atoms with Gasteiger partial charge in [-0.1, -0.05) is 0 Å². The van der Waals surface area contributed by atoms with Crippen LogP contribution in [-0.2, 0) is 4.79 Å². The van der Waals surface area contributed by atoms with E-state index in [0.29, 0.717) is 35.9 Å². The Bertz CT molecular complexity index is 943. The first-order chi connectivity index (χ1) is 12.1. The summed E-state index contributed by atoms with van der Waals surface area (Å²) in [5.74, 6) is -1.60. The lowest BCUT2D eigenvalue weighted by molar-refractivity contribution is -0.110. The zero-order chi connectivity index (χ0) is 17.6. The maximum Gasteiger partial charge on any atom is 0.207 e. The molecule has 0 spiro atoms. The lowest BCUT2D eigenvalue weighted by Gasteiger charge is -2.35. The molecule has 2 N–H and O–H groups in total. The van der Waals surface area contributed by atoms with Crippen LogP contribution in [0, 0.1) is 17.5 Å². The number of hydrogen-bond acceptors (Lipinski definition) is 1. The molecule has 2 aromatic carbocycles. The molecule has 1 amide bonds. The topological polar surface area (TPSA) is 44.9 Å². The van der Waals surface area contributed by atoms with Crippen LogP contribution in [0.5, 0.6) is 0 Å². The van der Waals surface area contributed by atoms with Crippen LogP contribution in [0.15, 0.2) is 36.4 Å². The van der Waals surface area contributed by atoms with Gasteiger partial charge in [0.25, 0.3) is 0 Å². The molecule has 0 atom stereocenters. The second kappa shape index (κ2) is 5.95. The Labute approximate surface area is 141 Å². The van der Waals surface area contributed by atoms with Gasteiger partial charge in [-0.05, 0) is 60.2 Å². The van der Waals surface area contributed by atoms with Crippen molar-refractivity contribution >= 4 is 17.3 Å². The highest BCUT2D eigenvalue weighted by Gasteiger charge is 2.34. The molecule has 25 heavy (non-hydrogen) atoms. The SMILES string of the molecule is O=CNC1CC(c2c(-c3ccc(F)cc3)[nH]c3c(F)cc(F)cc23)C1. The van der Waals surface area contributed by atoms with E-state index in [1.54, 1.807) is 12.1 Å². The van der Waals surface area contributed by atoms with Gasteiger partial charge in [0.15, 0.2) is 0 Å². The number of benzene rings is 2. The minimum Gasteiger partial charge on any atom is -0.356 e. The molecule has 6 heteroatoms. The summed E-state index contributed by atoms with van der Waals surface area (Å²) in [6.45, 7) is 0. The van der Waals surface area contributed by atoms with Crippen LogP contribution in [-0.4, -0.2) is 17.4 Å². The van der Waals surface area contributed by atoms with Gasteiger partial charge in [-0.15, -0.1) is 0 Å². The lowest BCUT2D eigenvalue weighted by atomic mass is 9.74. The molecule has 1 aromatic heterocycles. The number of hydrogen-bond donors (Lipinski definition) is 2. The molecule has 3 aromatic rings. The Morgan fingerprint density at radius 3 is 2.44 bits per heavy atom. The number of rotatable bonds is 4. The van der Waals surface area contributed by atoms with Gasteiger partial charge in [0, 0.05) is 17.5 Å². The first-order valence-electron chi connectivity index (χ1n) is 8.03. The average Bonchev–Trinajstić information content (AvgIpc) is 2.90. The number of H-pyrrole nitrogens is 1. The molecule has 0 unspecified atom stereocenters. The summed E-state index contributed by atoms with van der Waals surface area (Å²) in [5.41, 5.74) is 2.42. The Balaban J connectivity index is 1.86. The van der Waals surface area contributed by atoms with Crippen LogP contribution in [0.2, 0.25) is 0 Å². The standard InChI is InChI=1S/C19H15F3N2O/c20-12-3-1-10(2-4-12)18-17(11-5-14(6-11)23-9-25)15-7-13(21)8-16(22)19(15)24-18/h1-4,7-9,11,14,24H,5-6H2,(H,23,25). The van der Waals surface area contributed by atoms with Gasteiger partial charge in [0.1, 0.15) is 17.5 Å². The minimum atomic E-state index is -0.661. The smallest absolute Gasteiger partial charge is 0.207 e. The number of amides is 1. The van der Waals surface area contributed by atoms with Crippen molar-refractivity contribution in [2.24, 2.45) is 0 Å². The second-order valence-electron chi connectivity index (χ2n) is 6.38. The summed E-state index contributed by atoms with van der Waals surface area (Å²) in [5, 5.41) is 3.21. The number of aromatic amines is 1. The maximum absolute atomic E-state index is 14.2. The molecular weight excluding hydrogens is 329 g/mol. The Morgan fingerprint density at radius 2 is 1.76 bits per heavy atom. The molecular formula is C19H15F3N2O. The molecule has 0 aliphatic heterocycles. The molecule has 0 bridgehead atoms. The predicted molar refractivity (Wildman–Crippen MR) is 88.6 cm³/mol. The highest BCUT2D eigenvalue weighted by Crippen LogP contribution is 2.45. The average molecular weight is 344 g/mol. The van der Waals surface area contributed by atoms with Crippen molar-refractivity contribution in [2.75, 3.05) is 0 Å². The summed E-state index contributed by atoms with van der Waals surface area (Å²) in [6, 6.07) is 8.10. The summed E-state index contributed by atoms with van der Waals surface area (Å²) in [6.07, 6.45) is 2.05. The van der Waals surface area contributed by atoms with Gasteiger partial charge in [-0.2, -0.15) is 0 Å². The summed E-state index contributed by atoms with van der Waals surface area (Å²) in [4.78, 5) is 13.6. The molecule has 1 fully saturated rings. The summed E-state index contributed by atoms with van der Waals surface area (Å²) < 4.78 is 41.2. The van der Waals surface area contributed by atoms with Crippen LogP contribution in [0.3, 0.4) is 0 Å². The van der Waals surface area contributed by atoms with Crippen molar-refractivity contribution in [1.29, 1.82) is 0 Å². The van der Waals surface area contributed by atoms with E-state index in [9.17, 15) is 18.0 Å². The second-order valence-corrected chi connectivity index (χ2v) is 6.38. The van der Waals surface area contributed by atoms with E-state index in [1.807, 2.05) is 0 Å². The fraction of sp³-hybridized carbons (Fsp3) is 0.211. The molecule has 1 heterocycles. The van der Waals surface area contributed by atoms with E-state index in [0.717, 1.165) is 11.6 Å². The molecule has 128 valence electrons. The highest BCUT2D eigenvalue weighted by molar-refractivity contribution is 5.92. The van der Waals surface area contributed by atoms with Crippen LogP contribution < -0.4 is 5.32 Å². The maximum atomic E-state index is 14.2. The molecule has 0 radical (unpaired) electrons. The van der Waals surface area contributed by atoms with Gasteiger partial charge in [-0.25, -0.2) is 13.2 Å². The van der Waals surface area contributed by atoms with E-state index in [-0.39, 0.29) is 23.3 Å². The fourth-order valence-corrected chi connectivity index (χ4v) is 3.59. The molecule has 4 rings (SSSR count). The van der Waals surface area contributed by atoms with Crippen molar-refractivity contribution in [3.63, 3.8) is 0 Å². The predicted octanol–water partition coefficient (Wildman–Crippen LogP) is 4.24. The van der Waals surface area contributed by atoms with E-state index >= 15 is 0 Å². The van der Waals surface area contributed by atoms with E-state index in [2.05, 4.69) is 10.3 Å². The van der Waals surface area contributed by atoms with Gasteiger partial charge >= 0.3 is 0 Å². The Hall–Kier alpha value is -2.76. The van der Waals surface area contributed by atoms with Crippen molar-refractivity contribution in [1.82, 2.24) is 10.3 Å². The fourth-order valence-electron chi connectivity index (χ4n) is 3.59. The van der Waals surface area contributed by atoms with Crippen molar-refractivity contribution < 1.29 is 18.0 Å². The van der Waals surface area contributed by atoms with Gasteiger partial charge in [0.2, 0.25) is 6.41 Å². The summed E-state index contributed by atoms with van der Waals surface area (Å²) in [7, 11) is 0. The van der Waals surface area contributed by atoms with E-state index in [1.165, 1.54) is 18.2 Å². The van der Waals surface area contributed by atoms with Crippen LogP contribution >= 0.6 is 0 Å². The Morgan fingerprint density at radius 1 is 1.04 bits per heavy atom. The lowest BCUT2D eigenvalue weighted by Crippen LogP contribution is -2.39. The molecule has 1 saturated carbocycles.